The van der Waals surface area contributed by atoms with E-state index >= 15 is 0 Å². The van der Waals surface area contributed by atoms with E-state index in [1.54, 1.807) is 18.3 Å². The van der Waals surface area contributed by atoms with E-state index in [4.69, 9.17) is 0 Å². The van der Waals surface area contributed by atoms with Gasteiger partial charge in [-0.15, -0.1) is 0 Å². The van der Waals surface area contributed by atoms with Crippen LogP contribution in [-0.4, -0.2) is 4.86 Å². The third-order valence-electron chi connectivity index (χ3n) is 1.98. The molecule has 0 aliphatic carbocycles. The van der Waals surface area contributed by atoms with Crippen molar-refractivity contribution < 1.29 is 4.86 Å². The first kappa shape index (κ1) is 11.4. The molecule has 0 bridgehead atoms. The molecule has 3 nitrogen and oxygen atoms in total. The fourth-order valence-corrected chi connectivity index (χ4v) is 1.13. The van der Waals surface area contributed by atoms with Crippen LogP contribution in [0.25, 0.3) is 0 Å². The van der Waals surface area contributed by atoms with Crippen molar-refractivity contribution in [3.8, 4) is 0 Å². The van der Waals surface area contributed by atoms with E-state index in [0.717, 1.165) is 19.3 Å². The second-order valence-electron chi connectivity index (χ2n) is 3.25. The molecule has 80 valence electrons. The number of hydrogen-bond acceptors (Lipinski definition) is 2. The number of azo groups is 1. The molecule has 3 heteroatoms. The Morgan fingerprint density at radius 1 is 1.33 bits per heavy atom. The van der Waals surface area contributed by atoms with E-state index in [1.165, 1.54) is 0 Å². The number of allylic oxidation sites excluding steroid dienone is 1. The molecule has 0 fully saturated rings. The molecule has 0 saturated heterocycles. The third-order valence-corrected chi connectivity index (χ3v) is 1.98. The summed E-state index contributed by atoms with van der Waals surface area (Å²) >= 11 is 0. The van der Waals surface area contributed by atoms with Crippen LogP contribution in [0.1, 0.15) is 26.2 Å². The van der Waals surface area contributed by atoms with Gasteiger partial charge in [0.05, 0.1) is 6.20 Å². The van der Waals surface area contributed by atoms with Gasteiger partial charge in [-0.3, -0.25) is 0 Å². The highest BCUT2D eigenvalue weighted by Crippen LogP contribution is 2.09. The fourth-order valence-electron chi connectivity index (χ4n) is 1.13. The highest BCUT2D eigenvalue weighted by Gasteiger charge is 1.97. The Morgan fingerprint density at radius 3 is 2.73 bits per heavy atom. The van der Waals surface area contributed by atoms with Gasteiger partial charge in [-0.25, -0.2) is 0 Å². The zero-order valence-corrected chi connectivity index (χ0v) is 8.97. The summed E-state index contributed by atoms with van der Waals surface area (Å²) in [5.74, 6) is 0. The average molecular weight is 204 g/mol. The minimum Gasteiger partial charge on any atom is -0.594 e. The SMILES string of the molecule is CCCC/C=C\N=[N+]([O-])c1ccccc1. The maximum absolute atomic E-state index is 11.4. The Morgan fingerprint density at radius 2 is 2.07 bits per heavy atom. The monoisotopic (exact) mass is 204 g/mol. The van der Waals surface area contributed by atoms with Gasteiger partial charge >= 0.3 is 0 Å². The minimum absolute atomic E-state index is 0.553. The summed E-state index contributed by atoms with van der Waals surface area (Å²) in [6, 6.07) is 8.97. The van der Waals surface area contributed by atoms with Gasteiger partial charge in [-0.05, 0) is 6.42 Å². The molecule has 0 aliphatic rings. The lowest BCUT2D eigenvalue weighted by Crippen LogP contribution is -1.88. The summed E-state index contributed by atoms with van der Waals surface area (Å²) in [4.78, 5) is 0.627. The lowest BCUT2D eigenvalue weighted by atomic mass is 10.2. The van der Waals surface area contributed by atoms with E-state index in [2.05, 4.69) is 12.0 Å². The van der Waals surface area contributed by atoms with Crippen molar-refractivity contribution in [1.82, 2.24) is 0 Å². The van der Waals surface area contributed by atoms with Crippen LogP contribution in [0.4, 0.5) is 5.69 Å². The van der Waals surface area contributed by atoms with E-state index in [9.17, 15) is 5.21 Å². The lowest BCUT2D eigenvalue weighted by Gasteiger charge is -1.96. The molecule has 15 heavy (non-hydrogen) atoms. The topological polar surface area (TPSA) is 38.4 Å². The second kappa shape index (κ2) is 6.76. The molecule has 1 rings (SSSR count). The van der Waals surface area contributed by atoms with Crippen molar-refractivity contribution in [2.24, 2.45) is 5.11 Å². The van der Waals surface area contributed by atoms with Gasteiger partial charge in [-0.2, -0.15) is 0 Å². The smallest absolute Gasteiger partial charge is 0.244 e. The summed E-state index contributed by atoms with van der Waals surface area (Å²) in [5.41, 5.74) is 0.553. The first-order chi connectivity index (χ1) is 7.34. The number of benzene rings is 1. The fraction of sp³-hybridized carbons (Fsp3) is 0.333. The number of para-hydroxylation sites is 1. The largest absolute Gasteiger partial charge is 0.594 e. The molecule has 0 spiro atoms. The van der Waals surface area contributed by atoms with Crippen LogP contribution in [-0.2, 0) is 0 Å². The third kappa shape index (κ3) is 4.40. The standard InChI is InChI=1S/C12H16N2O/c1-2-3-4-8-11-13-14(15)12-9-6-5-7-10-12/h5-11H,2-4H2,1H3/b11-8-,14-13?. The van der Waals surface area contributed by atoms with Crippen LogP contribution in [0.3, 0.4) is 0 Å². The van der Waals surface area contributed by atoms with E-state index in [-0.39, 0.29) is 0 Å². The Bertz CT molecular complexity index is 331. The number of nitrogens with zero attached hydrogens (tertiary/aromatic N) is 2. The minimum atomic E-state index is 0.553. The molecule has 0 amide bonds. The predicted molar refractivity (Wildman–Crippen MR) is 60.8 cm³/mol. The van der Waals surface area contributed by atoms with E-state index < -0.39 is 0 Å². The Hall–Kier alpha value is -1.64. The molecule has 0 aliphatic heterocycles. The van der Waals surface area contributed by atoms with Gasteiger partial charge in [0.1, 0.15) is 0 Å². The van der Waals surface area contributed by atoms with Gasteiger partial charge in [0.15, 0.2) is 0 Å². The highest BCUT2D eigenvalue weighted by atomic mass is 16.5. The Kier molecular flexibility index (Phi) is 5.15. The zero-order chi connectivity index (χ0) is 10.9. The maximum atomic E-state index is 11.4. The second-order valence-corrected chi connectivity index (χ2v) is 3.25. The van der Waals surface area contributed by atoms with Gasteiger partial charge in [0, 0.05) is 17.2 Å². The molecule has 0 N–H and O–H groups in total. The Balaban J connectivity index is 2.50. The van der Waals surface area contributed by atoms with Gasteiger partial charge in [0.25, 0.3) is 0 Å². The molecule has 1 aromatic carbocycles. The van der Waals surface area contributed by atoms with Gasteiger partial charge in [0.2, 0.25) is 5.69 Å². The van der Waals surface area contributed by atoms with E-state index in [1.807, 2.05) is 24.3 Å². The molecule has 0 radical (unpaired) electrons. The molecule has 0 atom stereocenters. The van der Waals surface area contributed by atoms with Crippen molar-refractivity contribution in [2.75, 3.05) is 0 Å². The Labute approximate surface area is 90.3 Å². The normalized spacial score (nSPS) is 12.2. The van der Waals surface area contributed by atoms with Crippen molar-refractivity contribution in [3.05, 3.63) is 47.8 Å². The molecule has 0 heterocycles. The average Bonchev–Trinajstić information content (AvgIpc) is 2.30. The number of hydrogen-bond donors (Lipinski definition) is 0. The number of unbranched alkanes of at least 4 members (excludes halogenated alkanes) is 2. The lowest BCUT2D eigenvalue weighted by molar-refractivity contribution is -0.436. The van der Waals surface area contributed by atoms with Crippen LogP contribution < -0.4 is 0 Å². The predicted octanol–water partition coefficient (Wildman–Crippen LogP) is 3.98. The molecule has 0 unspecified atom stereocenters. The van der Waals surface area contributed by atoms with Crippen LogP contribution in [0, 0.1) is 5.21 Å². The van der Waals surface area contributed by atoms with Crippen molar-refractivity contribution in [2.45, 2.75) is 26.2 Å². The van der Waals surface area contributed by atoms with Gasteiger partial charge < -0.3 is 5.21 Å². The first-order valence-electron chi connectivity index (χ1n) is 5.22. The molecule has 0 saturated carbocycles. The quantitative estimate of drug-likeness (QED) is 0.309. The zero-order valence-electron chi connectivity index (χ0n) is 8.97. The highest BCUT2D eigenvalue weighted by molar-refractivity contribution is 5.27. The van der Waals surface area contributed by atoms with Crippen LogP contribution in [0.2, 0.25) is 0 Å². The van der Waals surface area contributed by atoms with Crippen molar-refractivity contribution in [3.63, 3.8) is 0 Å². The number of rotatable bonds is 5. The van der Waals surface area contributed by atoms with E-state index in [0.29, 0.717) is 10.5 Å². The summed E-state index contributed by atoms with van der Waals surface area (Å²) in [6.07, 6.45) is 6.75. The molecule has 0 aromatic heterocycles. The summed E-state index contributed by atoms with van der Waals surface area (Å²) < 4.78 is 0. The summed E-state index contributed by atoms with van der Waals surface area (Å²) in [6.45, 7) is 2.13. The summed E-state index contributed by atoms with van der Waals surface area (Å²) in [5, 5.41) is 15.1. The first-order valence-corrected chi connectivity index (χ1v) is 5.22. The maximum Gasteiger partial charge on any atom is 0.244 e. The molecular weight excluding hydrogens is 188 g/mol. The van der Waals surface area contributed by atoms with Crippen molar-refractivity contribution in [1.29, 1.82) is 0 Å². The van der Waals surface area contributed by atoms with Crippen LogP contribution >= 0.6 is 0 Å². The summed E-state index contributed by atoms with van der Waals surface area (Å²) in [7, 11) is 0. The van der Waals surface area contributed by atoms with Crippen molar-refractivity contribution >= 4 is 5.69 Å². The molecule has 1 aromatic rings. The van der Waals surface area contributed by atoms with Crippen LogP contribution in [0.15, 0.2) is 47.7 Å². The van der Waals surface area contributed by atoms with Crippen LogP contribution in [0.5, 0.6) is 0 Å². The molecular formula is C12H16N2O. The van der Waals surface area contributed by atoms with Gasteiger partial charge in [-0.1, -0.05) is 48.9 Å².